The molecule has 1 aliphatic heterocycles. The normalized spacial score (nSPS) is 17.0. The Balaban J connectivity index is 2.12. The van der Waals surface area contributed by atoms with Gasteiger partial charge in [-0.2, -0.15) is 18.4 Å². The smallest absolute Gasteiger partial charge is 0.361 e. The van der Waals surface area contributed by atoms with Gasteiger partial charge in [0.2, 0.25) is 0 Å². The Hall–Kier alpha value is -2.95. The van der Waals surface area contributed by atoms with Crippen molar-refractivity contribution in [2.24, 2.45) is 7.05 Å². The molecule has 1 unspecified atom stereocenters. The molecule has 1 N–H and O–H groups in total. The second-order valence-electron chi connectivity index (χ2n) is 5.88. The van der Waals surface area contributed by atoms with E-state index < -0.39 is 24.8 Å². The van der Waals surface area contributed by atoms with Crippen LogP contribution in [0.5, 0.6) is 0 Å². The molecule has 1 amide bonds. The lowest BCUT2D eigenvalue weighted by Crippen LogP contribution is -2.47. The van der Waals surface area contributed by atoms with Crippen LogP contribution in [0.2, 0.25) is 0 Å². The number of nitrogens with zero attached hydrogens (tertiary/aromatic N) is 3. The van der Waals surface area contributed by atoms with E-state index in [0.29, 0.717) is 22.6 Å². The molecule has 25 heavy (non-hydrogen) atoms. The first kappa shape index (κ1) is 16.9. The molecule has 0 spiro atoms. The van der Waals surface area contributed by atoms with Crippen molar-refractivity contribution in [1.82, 2.24) is 9.47 Å². The number of rotatable bonds is 2. The van der Waals surface area contributed by atoms with Gasteiger partial charge in [-0.15, -0.1) is 0 Å². The average Bonchev–Trinajstić information content (AvgIpc) is 2.84. The lowest BCUT2D eigenvalue weighted by Gasteiger charge is -2.38. The van der Waals surface area contributed by atoms with Gasteiger partial charge in [0, 0.05) is 24.0 Å². The molecule has 2 heterocycles. The Kier molecular flexibility index (Phi) is 3.95. The number of carbonyl (C=O) groups is 1. The van der Waals surface area contributed by atoms with Crippen LogP contribution >= 0.6 is 0 Å². The van der Waals surface area contributed by atoms with Gasteiger partial charge in [-0.1, -0.05) is 12.1 Å². The van der Waals surface area contributed by atoms with Gasteiger partial charge in [0.25, 0.3) is 5.91 Å². The van der Waals surface area contributed by atoms with E-state index in [9.17, 15) is 18.0 Å². The molecule has 1 aliphatic rings. The number of nitrogens with one attached hydrogen (secondary N) is 1. The largest absolute Gasteiger partial charge is 0.406 e. The third kappa shape index (κ3) is 2.93. The van der Waals surface area contributed by atoms with Crippen molar-refractivity contribution in [2.45, 2.75) is 19.3 Å². The quantitative estimate of drug-likeness (QED) is 0.906. The van der Waals surface area contributed by atoms with Crippen LogP contribution in [0.4, 0.5) is 18.9 Å². The van der Waals surface area contributed by atoms with Crippen LogP contribution in [-0.2, 0) is 7.05 Å². The lowest BCUT2D eigenvalue weighted by molar-refractivity contribution is -0.144. The van der Waals surface area contributed by atoms with Crippen molar-refractivity contribution < 1.29 is 18.0 Å². The number of amides is 1. The molecule has 0 saturated carbocycles. The molecular weight excluding hydrogens is 333 g/mol. The molecule has 0 radical (unpaired) electrons. The zero-order chi connectivity index (χ0) is 18.4. The highest BCUT2D eigenvalue weighted by atomic mass is 19.4. The third-order valence-corrected chi connectivity index (χ3v) is 4.36. The van der Waals surface area contributed by atoms with Crippen molar-refractivity contribution in [3.05, 3.63) is 52.8 Å². The van der Waals surface area contributed by atoms with E-state index in [-0.39, 0.29) is 5.56 Å². The van der Waals surface area contributed by atoms with Gasteiger partial charge >= 0.3 is 6.18 Å². The summed E-state index contributed by atoms with van der Waals surface area (Å²) >= 11 is 0. The average molecular weight is 348 g/mol. The minimum absolute atomic E-state index is 0.192. The maximum Gasteiger partial charge on any atom is 0.406 e. The lowest BCUT2D eigenvalue weighted by atomic mass is 10.0. The summed E-state index contributed by atoms with van der Waals surface area (Å²) in [5, 5.41) is 12.2. The number of halogens is 3. The Morgan fingerprint density at radius 1 is 1.32 bits per heavy atom. The summed E-state index contributed by atoms with van der Waals surface area (Å²) in [6.45, 7) is 0.322. The monoisotopic (exact) mass is 348 g/mol. The van der Waals surface area contributed by atoms with Gasteiger partial charge in [-0.05, 0) is 25.1 Å². The SMILES string of the molecule is Cc1c(C2Nc3ccccc3C(=O)N2CC(F)(F)F)cc(C#N)n1C. The highest BCUT2D eigenvalue weighted by Gasteiger charge is 2.41. The number of hydrogen-bond acceptors (Lipinski definition) is 3. The number of aromatic nitrogens is 1. The Morgan fingerprint density at radius 3 is 2.60 bits per heavy atom. The van der Waals surface area contributed by atoms with Gasteiger partial charge < -0.3 is 14.8 Å². The van der Waals surface area contributed by atoms with E-state index in [0.717, 1.165) is 4.90 Å². The van der Waals surface area contributed by atoms with Crippen LogP contribution in [0.1, 0.15) is 33.5 Å². The minimum Gasteiger partial charge on any atom is -0.361 e. The maximum absolute atomic E-state index is 13.1. The number of fused-ring (bicyclic) bond motifs is 1. The van der Waals surface area contributed by atoms with Gasteiger partial charge in [0.1, 0.15) is 24.5 Å². The topological polar surface area (TPSA) is 61.1 Å². The van der Waals surface area contributed by atoms with E-state index >= 15 is 0 Å². The van der Waals surface area contributed by atoms with E-state index in [2.05, 4.69) is 5.32 Å². The van der Waals surface area contributed by atoms with Crippen LogP contribution in [0.25, 0.3) is 0 Å². The molecule has 2 aromatic rings. The highest BCUT2D eigenvalue weighted by Crippen LogP contribution is 2.36. The molecule has 8 heteroatoms. The molecule has 3 rings (SSSR count). The molecule has 130 valence electrons. The fraction of sp³-hybridized carbons (Fsp3) is 0.294. The Bertz CT molecular complexity index is 879. The zero-order valence-electron chi connectivity index (χ0n) is 13.6. The summed E-state index contributed by atoms with van der Waals surface area (Å²) in [6.07, 6.45) is -5.54. The van der Waals surface area contributed by atoms with Crippen LogP contribution in [-0.4, -0.2) is 28.1 Å². The molecule has 1 aromatic carbocycles. The van der Waals surface area contributed by atoms with Crippen molar-refractivity contribution in [3.63, 3.8) is 0 Å². The molecule has 5 nitrogen and oxygen atoms in total. The summed E-state index contributed by atoms with van der Waals surface area (Å²) in [6, 6.07) is 9.95. The first-order chi connectivity index (χ1) is 11.7. The van der Waals surface area contributed by atoms with Crippen LogP contribution in [0.3, 0.4) is 0 Å². The predicted octanol–water partition coefficient (Wildman–Crippen LogP) is 3.33. The molecular formula is C17H15F3N4O. The van der Waals surface area contributed by atoms with Gasteiger partial charge in [0.15, 0.2) is 0 Å². The molecule has 0 fully saturated rings. The van der Waals surface area contributed by atoms with Crippen molar-refractivity contribution in [3.8, 4) is 6.07 Å². The summed E-state index contributed by atoms with van der Waals surface area (Å²) < 4.78 is 40.7. The van der Waals surface area contributed by atoms with E-state index in [1.165, 1.54) is 12.1 Å². The second kappa shape index (κ2) is 5.84. The van der Waals surface area contributed by atoms with Gasteiger partial charge in [-0.25, -0.2) is 0 Å². The summed E-state index contributed by atoms with van der Waals surface area (Å²) in [5.41, 5.74) is 2.06. The third-order valence-electron chi connectivity index (χ3n) is 4.36. The van der Waals surface area contributed by atoms with Crippen LogP contribution < -0.4 is 5.32 Å². The fourth-order valence-electron chi connectivity index (χ4n) is 3.00. The number of carbonyl (C=O) groups excluding carboxylic acids is 1. The van der Waals surface area contributed by atoms with Gasteiger partial charge in [-0.3, -0.25) is 4.79 Å². The number of benzene rings is 1. The number of anilines is 1. The fourth-order valence-corrected chi connectivity index (χ4v) is 3.00. The number of alkyl halides is 3. The van der Waals surface area contributed by atoms with Crippen molar-refractivity contribution in [1.29, 1.82) is 5.26 Å². The van der Waals surface area contributed by atoms with Gasteiger partial charge in [0.05, 0.1) is 5.56 Å². The number of hydrogen-bond donors (Lipinski definition) is 1. The molecule has 0 bridgehead atoms. The molecule has 0 aliphatic carbocycles. The number of nitriles is 1. The van der Waals surface area contributed by atoms with Crippen LogP contribution in [0.15, 0.2) is 30.3 Å². The van der Waals surface area contributed by atoms with E-state index in [1.807, 2.05) is 6.07 Å². The second-order valence-corrected chi connectivity index (χ2v) is 5.88. The predicted molar refractivity (Wildman–Crippen MR) is 84.8 cm³/mol. The molecule has 1 aromatic heterocycles. The van der Waals surface area contributed by atoms with E-state index in [4.69, 9.17) is 5.26 Å². The maximum atomic E-state index is 13.1. The standard InChI is InChI=1S/C17H15F3N4O/c1-10-13(7-11(8-21)23(10)2)15-22-14-6-4-3-5-12(14)16(25)24(15)9-17(18,19)20/h3-7,15,22H,9H2,1-2H3. The van der Waals surface area contributed by atoms with Crippen LogP contribution in [0, 0.1) is 18.3 Å². The molecule has 1 atom stereocenters. The summed E-state index contributed by atoms with van der Waals surface area (Å²) in [5.74, 6) is -0.696. The van der Waals surface area contributed by atoms with Crippen molar-refractivity contribution in [2.75, 3.05) is 11.9 Å². The molecule has 0 saturated heterocycles. The highest BCUT2D eigenvalue weighted by molar-refractivity contribution is 6.01. The Labute approximate surface area is 142 Å². The summed E-state index contributed by atoms with van der Waals surface area (Å²) in [4.78, 5) is 13.4. The van der Waals surface area contributed by atoms with E-state index in [1.54, 1.807) is 36.7 Å². The Morgan fingerprint density at radius 2 is 2.00 bits per heavy atom. The first-order valence-corrected chi connectivity index (χ1v) is 7.52. The zero-order valence-corrected chi connectivity index (χ0v) is 13.6. The van der Waals surface area contributed by atoms with Crippen molar-refractivity contribution >= 4 is 11.6 Å². The first-order valence-electron chi connectivity index (χ1n) is 7.52. The minimum atomic E-state index is -4.54. The number of para-hydroxylation sites is 1. The summed E-state index contributed by atoms with van der Waals surface area (Å²) in [7, 11) is 1.66.